The van der Waals surface area contributed by atoms with Crippen LogP contribution < -0.4 is 5.73 Å². The van der Waals surface area contributed by atoms with Crippen molar-refractivity contribution in [3.63, 3.8) is 0 Å². The van der Waals surface area contributed by atoms with Gasteiger partial charge in [-0.1, -0.05) is 19.8 Å². The Morgan fingerprint density at radius 2 is 2.00 bits per heavy atom. The summed E-state index contributed by atoms with van der Waals surface area (Å²) in [7, 11) is 4.38. The van der Waals surface area contributed by atoms with E-state index >= 15 is 0 Å². The Morgan fingerprint density at radius 3 is 2.63 bits per heavy atom. The number of hydrogen-bond donors (Lipinski definition) is 1. The van der Waals surface area contributed by atoms with Crippen LogP contribution in [0.25, 0.3) is 0 Å². The minimum absolute atomic E-state index is 0.634. The molecular weight excluding hydrogens is 234 g/mol. The number of rotatable bonds is 5. The highest BCUT2D eigenvalue weighted by Crippen LogP contribution is 2.34. The molecule has 0 amide bonds. The number of likely N-dealkylation sites (tertiary alicyclic amines) is 1. The van der Waals surface area contributed by atoms with Crippen molar-refractivity contribution in [2.24, 2.45) is 17.6 Å². The highest BCUT2D eigenvalue weighted by atomic mass is 15.2. The van der Waals surface area contributed by atoms with Crippen LogP contribution in [0.1, 0.15) is 45.4 Å². The molecule has 1 saturated carbocycles. The Kier molecular flexibility index (Phi) is 5.67. The SMILES string of the molecule is CC1CCCC(C(CN)N2CCCC2CN(C)C)C1. The third-order valence-electron chi connectivity index (χ3n) is 5.19. The molecule has 0 aromatic carbocycles. The first kappa shape index (κ1) is 15.3. The molecule has 0 bridgehead atoms. The molecule has 2 N–H and O–H groups in total. The fraction of sp³-hybridized carbons (Fsp3) is 1.00. The largest absolute Gasteiger partial charge is 0.329 e. The Labute approximate surface area is 119 Å². The molecule has 0 spiro atoms. The van der Waals surface area contributed by atoms with Gasteiger partial charge in [0, 0.05) is 25.2 Å². The molecule has 2 rings (SSSR count). The molecule has 4 unspecified atom stereocenters. The zero-order valence-corrected chi connectivity index (χ0v) is 13.1. The van der Waals surface area contributed by atoms with Crippen LogP contribution in [-0.2, 0) is 0 Å². The van der Waals surface area contributed by atoms with Crippen LogP contribution in [0.2, 0.25) is 0 Å². The van der Waals surface area contributed by atoms with Crippen molar-refractivity contribution >= 4 is 0 Å². The van der Waals surface area contributed by atoms with Gasteiger partial charge in [0.05, 0.1) is 0 Å². The summed E-state index contributed by atoms with van der Waals surface area (Å²) >= 11 is 0. The Morgan fingerprint density at radius 1 is 1.21 bits per heavy atom. The van der Waals surface area contributed by atoms with Gasteiger partial charge in [0.15, 0.2) is 0 Å². The smallest absolute Gasteiger partial charge is 0.0250 e. The van der Waals surface area contributed by atoms with Crippen molar-refractivity contribution in [2.75, 3.05) is 33.7 Å². The van der Waals surface area contributed by atoms with Gasteiger partial charge in [-0.15, -0.1) is 0 Å². The average Bonchev–Trinajstić information content (AvgIpc) is 2.78. The van der Waals surface area contributed by atoms with Gasteiger partial charge in [-0.2, -0.15) is 0 Å². The molecule has 0 aromatic heterocycles. The molecular formula is C16H33N3. The first-order valence-electron chi connectivity index (χ1n) is 8.22. The molecule has 1 heterocycles. The summed E-state index contributed by atoms with van der Waals surface area (Å²) in [5.41, 5.74) is 6.17. The molecule has 4 atom stereocenters. The first-order chi connectivity index (χ1) is 9.11. The highest BCUT2D eigenvalue weighted by molar-refractivity contribution is 4.91. The van der Waals surface area contributed by atoms with Crippen molar-refractivity contribution in [2.45, 2.75) is 57.5 Å². The predicted octanol–water partition coefficient (Wildman–Crippen LogP) is 2.17. The van der Waals surface area contributed by atoms with Gasteiger partial charge >= 0.3 is 0 Å². The fourth-order valence-corrected chi connectivity index (χ4v) is 4.34. The Balaban J connectivity index is 1.99. The van der Waals surface area contributed by atoms with Crippen LogP contribution >= 0.6 is 0 Å². The Bertz CT molecular complexity index is 267. The molecule has 112 valence electrons. The van der Waals surface area contributed by atoms with Crippen molar-refractivity contribution < 1.29 is 0 Å². The van der Waals surface area contributed by atoms with E-state index in [9.17, 15) is 0 Å². The normalized spacial score (nSPS) is 34.9. The molecule has 1 saturated heterocycles. The van der Waals surface area contributed by atoms with E-state index in [1.165, 1.54) is 51.6 Å². The second-order valence-electron chi connectivity index (χ2n) is 7.13. The third kappa shape index (κ3) is 3.93. The van der Waals surface area contributed by atoms with Crippen LogP contribution in [0.15, 0.2) is 0 Å². The summed E-state index contributed by atoms with van der Waals surface area (Å²) < 4.78 is 0. The minimum Gasteiger partial charge on any atom is -0.329 e. The summed E-state index contributed by atoms with van der Waals surface area (Å²) in [6.45, 7) is 5.73. The molecule has 1 aliphatic heterocycles. The lowest BCUT2D eigenvalue weighted by atomic mass is 9.78. The van der Waals surface area contributed by atoms with E-state index < -0.39 is 0 Å². The lowest BCUT2D eigenvalue weighted by Crippen LogP contribution is -2.51. The Hall–Kier alpha value is -0.120. The van der Waals surface area contributed by atoms with E-state index in [1.807, 2.05) is 0 Å². The van der Waals surface area contributed by atoms with E-state index in [1.54, 1.807) is 0 Å². The highest BCUT2D eigenvalue weighted by Gasteiger charge is 2.35. The van der Waals surface area contributed by atoms with E-state index in [0.717, 1.165) is 24.4 Å². The second kappa shape index (κ2) is 7.05. The van der Waals surface area contributed by atoms with Crippen molar-refractivity contribution in [3.8, 4) is 0 Å². The minimum atomic E-state index is 0.634. The molecule has 0 aromatic rings. The number of nitrogens with zero attached hydrogens (tertiary/aromatic N) is 2. The number of hydrogen-bond acceptors (Lipinski definition) is 3. The molecule has 19 heavy (non-hydrogen) atoms. The van der Waals surface area contributed by atoms with Crippen molar-refractivity contribution in [1.82, 2.24) is 9.80 Å². The summed E-state index contributed by atoms with van der Waals surface area (Å²) in [6.07, 6.45) is 8.35. The summed E-state index contributed by atoms with van der Waals surface area (Å²) in [6, 6.07) is 1.37. The summed E-state index contributed by atoms with van der Waals surface area (Å²) in [4.78, 5) is 5.09. The molecule has 2 fully saturated rings. The maximum absolute atomic E-state index is 6.17. The van der Waals surface area contributed by atoms with Crippen LogP contribution in [0.5, 0.6) is 0 Å². The zero-order valence-electron chi connectivity index (χ0n) is 13.1. The molecule has 1 aliphatic carbocycles. The fourth-order valence-electron chi connectivity index (χ4n) is 4.34. The van der Waals surface area contributed by atoms with E-state index in [-0.39, 0.29) is 0 Å². The summed E-state index contributed by atoms with van der Waals surface area (Å²) in [5, 5.41) is 0. The monoisotopic (exact) mass is 267 g/mol. The first-order valence-corrected chi connectivity index (χ1v) is 8.22. The lowest BCUT2D eigenvalue weighted by molar-refractivity contribution is 0.0859. The maximum Gasteiger partial charge on any atom is 0.0250 e. The standard InChI is InChI=1S/C16H33N3/c1-13-6-4-7-14(10-13)16(11-17)19-9-5-8-15(19)12-18(2)3/h13-16H,4-12,17H2,1-3H3. The second-order valence-corrected chi connectivity index (χ2v) is 7.13. The lowest BCUT2D eigenvalue weighted by Gasteiger charge is -2.41. The zero-order chi connectivity index (χ0) is 13.8. The number of likely N-dealkylation sites (N-methyl/N-ethyl adjacent to an activating group) is 1. The topological polar surface area (TPSA) is 32.5 Å². The molecule has 3 heteroatoms. The van der Waals surface area contributed by atoms with Crippen LogP contribution in [-0.4, -0.2) is 55.6 Å². The van der Waals surface area contributed by atoms with E-state index in [2.05, 4.69) is 30.8 Å². The van der Waals surface area contributed by atoms with Crippen molar-refractivity contribution in [1.29, 1.82) is 0 Å². The average molecular weight is 267 g/mol. The molecule has 0 radical (unpaired) electrons. The van der Waals surface area contributed by atoms with Gasteiger partial charge in [-0.25, -0.2) is 0 Å². The maximum atomic E-state index is 6.17. The van der Waals surface area contributed by atoms with Crippen molar-refractivity contribution in [3.05, 3.63) is 0 Å². The van der Waals surface area contributed by atoms with Gasteiger partial charge in [0.1, 0.15) is 0 Å². The molecule has 2 aliphatic rings. The van der Waals surface area contributed by atoms with Gasteiger partial charge < -0.3 is 10.6 Å². The van der Waals surface area contributed by atoms with E-state index in [4.69, 9.17) is 5.73 Å². The van der Waals surface area contributed by atoms with Gasteiger partial charge in [-0.05, 0) is 58.2 Å². The van der Waals surface area contributed by atoms with E-state index in [0.29, 0.717) is 6.04 Å². The number of nitrogens with two attached hydrogens (primary N) is 1. The van der Waals surface area contributed by atoms with Crippen LogP contribution in [0.3, 0.4) is 0 Å². The predicted molar refractivity (Wildman–Crippen MR) is 82.2 cm³/mol. The van der Waals surface area contributed by atoms with Gasteiger partial charge in [-0.3, -0.25) is 4.90 Å². The quantitative estimate of drug-likeness (QED) is 0.828. The molecule has 3 nitrogen and oxygen atoms in total. The van der Waals surface area contributed by atoms with Gasteiger partial charge in [0.25, 0.3) is 0 Å². The van der Waals surface area contributed by atoms with Gasteiger partial charge in [0.2, 0.25) is 0 Å². The van der Waals surface area contributed by atoms with Crippen LogP contribution in [0, 0.1) is 11.8 Å². The van der Waals surface area contributed by atoms with Crippen LogP contribution in [0.4, 0.5) is 0 Å². The summed E-state index contributed by atoms with van der Waals surface area (Å²) in [5.74, 6) is 1.75. The third-order valence-corrected chi connectivity index (χ3v) is 5.19.